The molecule has 2 fully saturated rings. The second kappa shape index (κ2) is 3.96. The van der Waals surface area contributed by atoms with E-state index < -0.39 is 0 Å². The van der Waals surface area contributed by atoms with Crippen molar-refractivity contribution in [2.45, 2.75) is 38.0 Å². The molecule has 3 heteroatoms. The Balaban J connectivity index is 1.66. The van der Waals surface area contributed by atoms with Gasteiger partial charge in [0.2, 0.25) is 0 Å². The summed E-state index contributed by atoms with van der Waals surface area (Å²) in [5, 5.41) is 3.03. The molecule has 0 radical (unpaired) electrons. The molecule has 1 heterocycles. The number of H-pyrrole nitrogens is 1. The van der Waals surface area contributed by atoms with Crippen LogP contribution in [0.25, 0.3) is 0 Å². The number of carbonyl (C=O) groups is 1. The summed E-state index contributed by atoms with van der Waals surface area (Å²) in [5.41, 5.74) is 2.02. The zero-order valence-electron chi connectivity index (χ0n) is 9.46. The Morgan fingerprint density at radius 2 is 2.19 bits per heavy atom. The Morgan fingerprint density at radius 1 is 1.38 bits per heavy atom. The number of hydrogen-bond acceptors (Lipinski definition) is 1. The van der Waals surface area contributed by atoms with Crippen LogP contribution in [0.1, 0.15) is 54.1 Å². The molecule has 3 rings (SSSR count). The van der Waals surface area contributed by atoms with E-state index in [1.54, 1.807) is 0 Å². The lowest BCUT2D eigenvalue weighted by Gasteiger charge is -2.25. The van der Waals surface area contributed by atoms with E-state index in [9.17, 15) is 4.79 Å². The molecule has 0 aliphatic heterocycles. The number of rotatable bonds is 4. The van der Waals surface area contributed by atoms with Crippen LogP contribution in [-0.4, -0.2) is 17.4 Å². The van der Waals surface area contributed by atoms with Gasteiger partial charge in [-0.3, -0.25) is 4.79 Å². The van der Waals surface area contributed by atoms with Gasteiger partial charge in [-0.15, -0.1) is 0 Å². The highest BCUT2D eigenvalue weighted by Crippen LogP contribution is 2.37. The number of nitrogens with one attached hydrogen (secondary N) is 2. The summed E-state index contributed by atoms with van der Waals surface area (Å²) in [4.78, 5) is 15.2. The highest BCUT2D eigenvalue weighted by atomic mass is 16.1. The van der Waals surface area contributed by atoms with E-state index in [1.165, 1.54) is 32.1 Å². The second-order valence-corrected chi connectivity index (χ2v) is 5.09. The van der Waals surface area contributed by atoms with E-state index in [0.717, 1.165) is 23.7 Å². The summed E-state index contributed by atoms with van der Waals surface area (Å²) in [7, 11) is 0. The Morgan fingerprint density at radius 3 is 2.81 bits per heavy atom. The number of carbonyl (C=O) groups excluding carboxylic acids is 1. The molecular formula is C13H18N2O. The fourth-order valence-electron chi connectivity index (χ4n) is 2.27. The summed E-state index contributed by atoms with van der Waals surface area (Å²) >= 11 is 0. The summed E-state index contributed by atoms with van der Waals surface area (Å²) in [6.07, 6.45) is 8.20. The Labute approximate surface area is 95.6 Å². The average Bonchev–Trinajstić information content (AvgIpc) is 2.91. The van der Waals surface area contributed by atoms with Crippen molar-refractivity contribution in [2.75, 3.05) is 6.54 Å². The molecule has 0 bridgehead atoms. The zero-order valence-corrected chi connectivity index (χ0v) is 9.46. The molecule has 2 aliphatic carbocycles. The van der Waals surface area contributed by atoms with Crippen LogP contribution in [0.4, 0.5) is 0 Å². The lowest BCUT2D eigenvalue weighted by molar-refractivity contribution is 0.0950. The van der Waals surface area contributed by atoms with Gasteiger partial charge >= 0.3 is 0 Å². The van der Waals surface area contributed by atoms with Crippen LogP contribution in [-0.2, 0) is 0 Å². The number of aromatic amines is 1. The van der Waals surface area contributed by atoms with E-state index in [1.807, 2.05) is 12.3 Å². The Kier molecular flexibility index (Phi) is 2.46. The highest BCUT2D eigenvalue weighted by Gasteiger charge is 2.27. The first kappa shape index (κ1) is 9.94. The predicted molar refractivity (Wildman–Crippen MR) is 62.4 cm³/mol. The zero-order chi connectivity index (χ0) is 11.0. The molecule has 0 unspecified atom stereocenters. The van der Waals surface area contributed by atoms with Gasteiger partial charge in [-0.2, -0.15) is 0 Å². The molecule has 1 amide bonds. The monoisotopic (exact) mass is 218 g/mol. The standard InChI is InChI=1S/C13H18N2O/c16-13(15-8-9-4-5-9)11-6-7-14-12(11)10-2-1-3-10/h6-7,9-10,14H,1-5,8H2,(H,15,16). The molecule has 1 aromatic rings. The van der Waals surface area contributed by atoms with Crippen molar-refractivity contribution in [1.82, 2.24) is 10.3 Å². The van der Waals surface area contributed by atoms with Crippen LogP contribution in [0, 0.1) is 5.92 Å². The normalized spacial score (nSPS) is 20.5. The Hall–Kier alpha value is -1.25. The van der Waals surface area contributed by atoms with Gasteiger partial charge in [0.1, 0.15) is 0 Å². The van der Waals surface area contributed by atoms with Gasteiger partial charge in [-0.05, 0) is 43.6 Å². The van der Waals surface area contributed by atoms with Crippen molar-refractivity contribution in [2.24, 2.45) is 5.92 Å². The van der Waals surface area contributed by atoms with Crippen LogP contribution in [0.3, 0.4) is 0 Å². The van der Waals surface area contributed by atoms with Gasteiger partial charge in [-0.1, -0.05) is 6.42 Å². The van der Waals surface area contributed by atoms with E-state index in [4.69, 9.17) is 0 Å². The van der Waals surface area contributed by atoms with Gasteiger partial charge in [0, 0.05) is 18.4 Å². The number of amides is 1. The van der Waals surface area contributed by atoms with Gasteiger partial charge in [-0.25, -0.2) is 0 Å². The molecule has 2 N–H and O–H groups in total. The fraction of sp³-hybridized carbons (Fsp3) is 0.615. The van der Waals surface area contributed by atoms with Crippen LogP contribution >= 0.6 is 0 Å². The van der Waals surface area contributed by atoms with Crippen molar-refractivity contribution in [3.05, 3.63) is 23.5 Å². The Bertz CT molecular complexity index is 388. The summed E-state index contributed by atoms with van der Waals surface area (Å²) in [6, 6.07) is 1.91. The highest BCUT2D eigenvalue weighted by molar-refractivity contribution is 5.95. The van der Waals surface area contributed by atoms with Gasteiger partial charge < -0.3 is 10.3 Å². The van der Waals surface area contributed by atoms with Crippen LogP contribution in [0.2, 0.25) is 0 Å². The second-order valence-electron chi connectivity index (χ2n) is 5.09. The summed E-state index contributed by atoms with van der Waals surface area (Å²) in [5.74, 6) is 1.45. The van der Waals surface area contributed by atoms with E-state index in [2.05, 4.69) is 10.3 Å². The molecule has 0 aromatic carbocycles. The van der Waals surface area contributed by atoms with Gasteiger partial charge in [0.25, 0.3) is 5.91 Å². The van der Waals surface area contributed by atoms with Crippen molar-refractivity contribution < 1.29 is 4.79 Å². The minimum Gasteiger partial charge on any atom is -0.364 e. The van der Waals surface area contributed by atoms with E-state index in [-0.39, 0.29) is 5.91 Å². The largest absolute Gasteiger partial charge is 0.364 e. The smallest absolute Gasteiger partial charge is 0.253 e. The topological polar surface area (TPSA) is 44.9 Å². The third kappa shape index (κ3) is 1.86. The first-order valence-corrected chi connectivity index (χ1v) is 6.30. The maximum atomic E-state index is 12.0. The molecule has 86 valence electrons. The quantitative estimate of drug-likeness (QED) is 0.801. The van der Waals surface area contributed by atoms with Crippen LogP contribution in [0.15, 0.2) is 12.3 Å². The molecule has 0 saturated heterocycles. The van der Waals surface area contributed by atoms with Gasteiger partial charge in [0.05, 0.1) is 5.56 Å². The van der Waals surface area contributed by atoms with Gasteiger partial charge in [0.15, 0.2) is 0 Å². The molecule has 0 atom stereocenters. The minimum atomic E-state index is 0.107. The van der Waals surface area contributed by atoms with Crippen LogP contribution in [0.5, 0.6) is 0 Å². The summed E-state index contributed by atoms with van der Waals surface area (Å²) in [6.45, 7) is 0.855. The maximum absolute atomic E-state index is 12.0. The number of aromatic nitrogens is 1. The van der Waals surface area contributed by atoms with Crippen LogP contribution < -0.4 is 5.32 Å². The SMILES string of the molecule is O=C(NCC1CC1)c1cc[nH]c1C1CCC1. The number of hydrogen-bond donors (Lipinski definition) is 2. The lowest BCUT2D eigenvalue weighted by Crippen LogP contribution is -2.27. The molecule has 1 aromatic heterocycles. The first-order valence-electron chi connectivity index (χ1n) is 6.30. The average molecular weight is 218 g/mol. The summed E-state index contributed by atoms with van der Waals surface area (Å²) < 4.78 is 0. The predicted octanol–water partition coefficient (Wildman–Crippen LogP) is 2.42. The first-order chi connectivity index (χ1) is 7.84. The fourth-order valence-corrected chi connectivity index (χ4v) is 2.27. The van der Waals surface area contributed by atoms with Crippen molar-refractivity contribution >= 4 is 5.91 Å². The third-order valence-electron chi connectivity index (χ3n) is 3.79. The van der Waals surface area contributed by atoms with Crippen molar-refractivity contribution in [3.63, 3.8) is 0 Å². The molecule has 0 spiro atoms. The molecule has 2 aliphatic rings. The molecule has 3 nitrogen and oxygen atoms in total. The van der Waals surface area contributed by atoms with E-state index in [0.29, 0.717) is 5.92 Å². The van der Waals surface area contributed by atoms with Crippen molar-refractivity contribution in [1.29, 1.82) is 0 Å². The maximum Gasteiger partial charge on any atom is 0.253 e. The third-order valence-corrected chi connectivity index (χ3v) is 3.79. The van der Waals surface area contributed by atoms with Crippen molar-refractivity contribution in [3.8, 4) is 0 Å². The molecule has 16 heavy (non-hydrogen) atoms. The lowest BCUT2D eigenvalue weighted by atomic mass is 9.81. The minimum absolute atomic E-state index is 0.107. The van der Waals surface area contributed by atoms with E-state index >= 15 is 0 Å². The molecular weight excluding hydrogens is 200 g/mol. The molecule has 2 saturated carbocycles.